The van der Waals surface area contributed by atoms with E-state index in [0.717, 1.165) is 29.9 Å². The summed E-state index contributed by atoms with van der Waals surface area (Å²) in [6.07, 6.45) is 13.9. The van der Waals surface area contributed by atoms with Gasteiger partial charge in [0.25, 0.3) is 0 Å². The van der Waals surface area contributed by atoms with Gasteiger partial charge in [0, 0.05) is 6.42 Å². The van der Waals surface area contributed by atoms with Crippen LogP contribution in [0.5, 0.6) is 0 Å². The third-order valence-corrected chi connectivity index (χ3v) is 8.44. The molecular formula is C27H44O3. The van der Waals surface area contributed by atoms with Crippen LogP contribution in [0.15, 0.2) is 35.5 Å². The van der Waals surface area contributed by atoms with Crippen LogP contribution in [-0.4, -0.2) is 33.1 Å². The molecule has 0 amide bonds. The Morgan fingerprint density at radius 3 is 2.67 bits per heavy atom. The van der Waals surface area contributed by atoms with E-state index >= 15 is 0 Å². The number of rotatable bonds is 6. The van der Waals surface area contributed by atoms with Crippen molar-refractivity contribution in [3.8, 4) is 0 Å². The molecule has 3 saturated carbocycles. The lowest BCUT2D eigenvalue weighted by molar-refractivity contribution is 0.0596. The van der Waals surface area contributed by atoms with Crippen molar-refractivity contribution in [3.05, 3.63) is 35.5 Å². The fraction of sp³-hybridized carbons (Fsp3) is 0.778. The molecular weight excluding hydrogens is 372 g/mol. The molecule has 3 aliphatic rings. The van der Waals surface area contributed by atoms with Crippen molar-refractivity contribution in [3.63, 3.8) is 0 Å². The average molecular weight is 417 g/mol. The number of aliphatic hydroxyl groups excluding tert-OH is 2. The molecule has 0 aromatic carbocycles. The lowest BCUT2D eigenvalue weighted by Gasteiger charge is -2.44. The lowest BCUT2D eigenvalue weighted by atomic mass is 9.60. The molecule has 170 valence electrons. The molecule has 3 nitrogen and oxygen atoms in total. The van der Waals surface area contributed by atoms with E-state index in [1.54, 1.807) is 5.57 Å². The molecule has 3 N–H and O–H groups in total. The third-order valence-electron chi connectivity index (χ3n) is 8.44. The van der Waals surface area contributed by atoms with E-state index in [9.17, 15) is 15.3 Å². The van der Waals surface area contributed by atoms with Crippen molar-refractivity contribution in [2.75, 3.05) is 0 Å². The summed E-state index contributed by atoms with van der Waals surface area (Å²) in [5.74, 6) is 2.11. The molecule has 0 radical (unpaired) electrons. The average Bonchev–Trinajstić information content (AvgIpc) is 3.00. The van der Waals surface area contributed by atoms with Crippen LogP contribution >= 0.6 is 0 Å². The Kier molecular flexibility index (Phi) is 7.37. The minimum Gasteiger partial charge on any atom is -0.393 e. The first-order chi connectivity index (χ1) is 14.0. The fourth-order valence-corrected chi connectivity index (χ4v) is 6.74. The van der Waals surface area contributed by atoms with Crippen LogP contribution in [-0.2, 0) is 0 Å². The van der Waals surface area contributed by atoms with Gasteiger partial charge in [-0.25, -0.2) is 0 Å². The zero-order chi connectivity index (χ0) is 22.1. The van der Waals surface area contributed by atoms with Crippen LogP contribution in [0.4, 0.5) is 0 Å². The van der Waals surface area contributed by atoms with Gasteiger partial charge in [-0.1, -0.05) is 51.0 Å². The van der Waals surface area contributed by atoms with Crippen LogP contribution in [0.1, 0.15) is 91.9 Å². The molecule has 0 aliphatic heterocycles. The Morgan fingerprint density at radius 2 is 1.97 bits per heavy atom. The van der Waals surface area contributed by atoms with E-state index in [1.807, 2.05) is 13.8 Å². The maximum atomic E-state index is 10.1. The summed E-state index contributed by atoms with van der Waals surface area (Å²) in [5.41, 5.74) is 3.17. The molecule has 3 aliphatic carbocycles. The van der Waals surface area contributed by atoms with Crippen molar-refractivity contribution >= 4 is 0 Å². The first-order valence-corrected chi connectivity index (χ1v) is 12.2. The summed E-state index contributed by atoms with van der Waals surface area (Å²) in [5, 5.41) is 30.2. The van der Waals surface area contributed by atoms with Crippen molar-refractivity contribution in [1.82, 2.24) is 0 Å². The zero-order valence-electron chi connectivity index (χ0n) is 19.7. The van der Waals surface area contributed by atoms with Crippen LogP contribution in [0.25, 0.3) is 0 Å². The van der Waals surface area contributed by atoms with Crippen LogP contribution < -0.4 is 0 Å². The SMILES string of the molecule is C=C1/C(=C/C=C2\CCCC3(C)C([C@H](C)CCCC(C)(C)O)CC[C@@H]23)C[C@@H](O)C[C@@H]1O. The Labute approximate surface area is 184 Å². The van der Waals surface area contributed by atoms with Gasteiger partial charge in [-0.2, -0.15) is 0 Å². The molecule has 0 bridgehead atoms. The van der Waals surface area contributed by atoms with Gasteiger partial charge in [-0.05, 0) is 93.1 Å². The Bertz CT molecular complexity index is 683. The Hall–Kier alpha value is -0.900. The van der Waals surface area contributed by atoms with Gasteiger partial charge in [-0.3, -0.25) is 0 Å². The first-order valence-electron chi connectivity index (χ1n) is 12.2. The smallest absolute Gasteiger partial charge is 0.0811 e. The molecule has 0 saturated heterocycles. The highest BCUT2D eigenvalue weighted by molar-refractivity contribution is 5.38. The Balaban J connectivity index is 1.70. The minimum absolute atomic E-state index is 0.374. The largest absolute Gasteiger partial charge is 0.393 e. The summed E-state index contributed by atoms with van der Waals surface area (Å²) in [6, 6.07) is 0. The molecule has 2 unspecified atom stereocenters. The predicted octanol–water partition coefficient (Wildman–Crippen LogP) is 5.70. The molecule has 3 heteroatoms. The van der Waals surface area contributed by atoms with Crippen LogP contribution in [0.3, 0.4) is 0 Å². The number of hydrogen-bond donors (Lipinski definition) is 3. The van der Waals surface area contributed by atoms with Gasteiger partial charge in [0.15, 0.2) is 0 Å². The third kappa shape index (κ3) is 5.29. The minimum atomic E-state index is -0.615. The van der Waals surface area contributed by atoms with E-state index in [4.69, 9.17) is 0 Å². The van der Waals surface area contributed by atoms with Gasteiger partial charge in [0.1, 0.15) is 0 Å². The van der Waals surface area contributed by atoms with Crippen molar-refractivity contribution in [2.45, 2.75) is 110 Å². The van der Waals surface area contributed by atoms with E-state index in [2.05, 4.69) is 32.6 Å². The lowest BCUT2D eigenvalue weighted by Crippen LogP contribution is -2.36. The number of fused-ring (bicyclic) bond motifs is 1. The normalized spacial score (nSPS) is 38.8. The predicted molar refractivity (Wildman–Crippen MR) is 124 cm³/mol. The van der Waals surface area contributed by atoms with E-state index in [1.165, 1.54) is 38.5 Å². The first kappa shape index (κ1) is 23.8. The summed E-state index contributed by atoms with van der Waals surface area (Å²) in [4.78, 5) is 0. The van der Waals surface area contributed by atoms with Crippen molar-refractivity contribution in [1.29, 1.82) is 0 Å². The van der Waals surface area contributed by atoms with E-state index < -0.39 is 17.8 Å². The van der Waals surface area contributed by atoms with Crippen LogP contribution in [0, 0.1) is 23.2 Å². The zero-order valence-corrected chi connectivity index (χ0v) is 19.7. The van der Waals surface area contributed by atoms with Gasteiger partial charge < -0.3 is 15.3 Å². The molecule has 6 atom stereocenters. The quantitative estimate of drug-likeness (QED) is 0.520. The Morgan fingerprint density at radius 1 is 1.23 bits per heavy atom. The second-order valence-corrected chi connectivity index (χ2v) is 11.3. The second-order valence-electron chi connectivity index (χ2n) is 11.3. The maximum Gasteiger partial charge on any atom is 0.0811 e. The number of hydrogen-bond acceptors (Lipinski definition) is 3. The van der Waals surface area contributed by atoms with Crippen molar-refractivity contribution in [2.24, 2.45) is 23.2 Å². The van der Waals surface area contributed by atoms with Gasteiger partial charge in [0.2, 0.25) is 0 Å². The molecule has 0 spiro atoms. The van der Waals surface area contributed by atoms with Crippen molar-refractivity contribution < 1.29 is 15.3 Å². The summed E-state index contributed by atoms with van der Waals surface area (Å²) < 4.78 is 0. The molecule has 0 aromatic heterocycles. The standard InChI is InChI=1S/C27H44O3/c1-18(8-6-14-26(3,4)30)23-12-13-24-20(9-7-15-27(23,24)5)10-11-21-16-22(28)17-25(29)19(21)2/h10-11,18,22-25,28-30H,2,6-9,12-17H2,1,3-5H3/b20-10+,21-11+/t18-,22-,23?,24+,25+,27?/m1/s1. The second kappa shape index (κ2) is 9.30. The molecule has 3 rings (SSSR count). The van der Waals surface area contributed by atoms with E-state index in [0.29, 0.717) is 30.1 Å². The topological polar surface area (TPSA) is 60.7 Å². The maximum absolute atomic E-state index is 10.1. The summed E-state index contributed by atoms with van der Waals surface area (Å²) in [6.45, 7) is 12.8. The van der Waals surface area contributed by atoms with Crippen LogP contribution in [0.2, 0.25) is 0 Å². The summed E-state index contributed by atoms with van der Waals surface area (Å²) in [7, 11) is 0. The summed E-state index contributed by atoms with van der Waals surface area (Å²) >= 11 is 0. The molecule has 0 heterocycles. The van der Waals surface area contributed by atoms with Gasteiger partial charge in [0.05, 0.1) is 17.8 Å². The molecule has 0 aromatic rings. The van der Waals surface area contributed by atoms with Gasteiger partial charge in [-0.15, -0.1) is 0 Å². The fourth-order valence-electron chi connectivity index (χ4n) is 6.74. The highest BCUT2D eigenvalue weighted by Gasteiger charge is 2.50. The van der Waals surface area contributed by atoms with E-state index in [-0.39, 0.29) is 0 Å². The molecule has 3 fully saturated rings. The highest BCUT2D eigenvalue weighted by Crippen LogP contribution is 2.60. The monoisotopic (exact) mass is 416 g/mol. The van der Waals surface area contributed by atoms with Gasteiger partial charge >= 0.3 is 0 Å². The number of allylic oxidation sites excluding steroid dienone is 3. The highest BCUT2D eigenvalue weighted by atomic mass is 16.3. The molecule has 30 heavy (non-hydrogen) atoms. The number of aliphatic hydroxyl groups is 3.